The number of amides is 6. The molecule has 1 aromatic heterocycles. The van der Waals surface area contributed by atoms with Crippen LogP contribution in [-0.2, 0) is 34.1 Å². The van der Waals surface area contributed by atoms with Crippen molar-refractivity contribution in [1.82, 2.24) is 30.1 Å². The van der Waals surface area contributed by atoms with Gasteiger partial charge in [-0.3, -0.25) is 29.4 Å². The number of ether oxygens (including phenoxy) is 2. The number of urea groups is 1. The first-order valence-corrected chi connectivity index (χ1v) is 16.6. The SMILES string of the molecule is CCCN(Cc1ccc(C(=O)OC)cc1)C(=O)Nc1ccc(OCn2cc(CNc3cccc4c3C(=O)N(C3CCC(=O)NC3=O)C4=O)nn2)cc1. The minimum atomic E-state index is -1.06. The number of methoxy groups -OCH3 is 1. The van der Waals surface area contributed by atoms with Gasteiger partial charge in [0.2, 0.25) is 11.8 Å². The van der Waals surface area contributed by atoms with E-state index in [2.05, 4.69) is 26.3 Å². The summed E-state index contributed by atoms with van der Waals surface area (Å²) in [6, 6.07) is 17.3. The van der Waals surface area contributed by atoms with Crippen molar-refractivity contribution < 1.29 is 38.2 Å². The molecule has 1 atom stereocenters. The van der Waals surface area contributed by atoms with Crippen LogP contribution in [0.3, 0.4) is 0 Å². The molecule has 0 aliphatic carbocycles. The van der Waals surface area contributed by atoms with Crippen molar-refractivity contribution in [2.24, 2.45) is 0 Å². The van der Waals surface area contributed by atoms with Gasteiger partial charge < -0.3 is 25.0 Å². The zero-order chi connectivity index (χ0) is 36.8. The Morgan fingerprint density at radius 1 is 1.00 bits per heavy atom. The Morgan fingerprint density at radius 3 is 2.48 bits per heavy atom. The van der Waals surface area contributed by atoms with Crippen molar-refractivity contribution in [1.29, 1.82) is 0 Å². The molecule has 3 N–H and O–H groups in total. The molecule has 0 bridgehead atoms. The molecule has 16 nitrogen and oxygen atoms in total. The van der Waals surface area contributed by atoms with Crippen LogP contribution < -0.4 is 20.7 Å². The number of imide groups is 2. The van der Waals surface area contributed by atoms with Crippen LogP contribution in [0.15, 0.2) is 72.9 Å². The van der Waals surface area contributed by atoms with E-state index in [-0.39, 0.29) is 43.3 Å². The average molecular weight is 709 g/mol. The standard InChI is InChI=1S/C36H36N8O8/c1-3-17-42(19-22-7-9-23(10-8-22)35(49)51-2)36(50)38-24-11-13-26(14-12-24)52-21-43-20-25(40-41-43)18-37-28-6-4-5-27-31(28)34(48)44(33(27)47)29-15-16-30(45)39-32(29)46/h4-14,20,29,37H,3,15-19,21H2,1-2H3,(H,38,50)(H,39,45,46). The molecule has 1 saturated heterocycles. The second-order valence-corrected chi connectivity index (χ2v) is 12.1. The van der Waals surface area contributed by atoms with Crippen molar-refractivity contribution in [3.63, 3.8) is 0 Å². The molecule has 6 amide bonds. The van der Waals surface area contributed by atoms with Crippen LogP contribution >= 0.6 is 0 Å². The number of anilines is 2. The number of fused-ring (bicyclic) bond motifs is 1. The van der Waals surface area contributed by atoms with Gasteiger partial charge in [0.1, 0.15) is 17.5 Å². The smallest absolute Gasteiger partial charge is 0.337 e. The number of carbonyl (C=O) groups excluding carboxylic acids is 6. The summed E-state index contributed by atoms with van der Waals surface area (Å²) in [6.07, 6.45) is 2.54. The molecular formula is C36H36N8O8. The zero-order valence-corrected chi connectivity index (χ0v) is 28.5. The first-order valence-electron chi connectivity index (χ1n) is 16.6. The monoisotopic (exact) mass is 708 g/mol. The van der Waals surface area contributed by atoms with Crippen LogP contribution in [0.1, 0.15) is 68.5 Å². The second-order valence-electron chi connectivity index (χ2n) is 12.1. The minimum Gasteiger partial charge on any atom is -0.471 e. The number of esters is 1. The third kappa shape index (κ3) is 7.75. The number of aromatic nitrogens is 3. The van der Waals surface area contributed by atoms with E-state index in [1.807, 2.05) is 6.92 Å². The highest BCUT2D eigenvalue weighted by Crippen LogP contribution is 2.32. The Labute approximate surface area is 298 Å². The number of hydrogen-bond donors (Lipinski definition) is 3. The third-order valence-electron chi connectivity index (χ3n) is 8.51. The Bertz CT molecular complexity index is 2010. The first kappa shape index (κ1) is 35.3. The average Bonchev–Trinajstić information content (AvgIpc) is 3.71. The van der Waals surface area contributed by atoms with Crippen LogP contribution in [0.25, 0.3) is 0 Å². The molecule has 16 heteroatoms. The zero-order valence-electron chi connectivity index (χ0n) is 28.5. The number of piperidine rings is 1. The van der Waals surface area contributed by atoms with Gasteiger partial charge in [-0.2, -0.15) is 0 Å². The van der Waals surface area contributed by atoms with Crippen molar-refractivity contribution in [3.05, 3.63) is 101 Å². The highest BCUT2D eigenvalue weighted by Gasteiger charge is 2.45. The lowest BCUT2D eigenvalue weighted by molar-refractivity contribution is -0.136. The predicted molar refractivity (Wildman–Crippen MR) is 185 cm³/mol. The Balaban J connectivity index is 1.00. The van der Waals surface area contributed by atoms with Gasteiger partial charge in [-0.25, -0.2) is 14.3 Å². The summed E-state index contributed by atoms with van der Waals surface area (Å²) < 4.78 is 12.1. The fraction of sp³-hybridized carbons (Fsp3) is 0.278. The van der Waals surface area contributed by atoms with Crippen molar-refractivity contribution in [3.8, 4) is 5.75 Å². The van der Waals surface area contributed by atoms with Gasteiger partial charge in [-0.05, 0) is 66.9 Å². The van der Waals surface area contributed by atoms with Gasteiger partial charge in [0.05, 0.1) is 36.5 Å². The fourth-order valence-corrected chi connectivity index (χ4v) is 5.92. The molecule has 268 valence electrons. The van der Waals surface area contributed by atoms with Crippen molar-refractivity contribution in [2.75, 3.05) is 24.3 Å². The van der Waals surface area contributed by atoms with E-state index in [1.165, 1.54) is 17.9 Å². The van der Waals surface area contributed by atoms with Gasteiger partial charge in [0.25, 0.3) is 11.8 Å². The molecule has 0 spiro atoms. The maximum Gasteiger partial charge on any atom is 0.337 e. The lowest BCUT2D eigenvalue weighted by atomic mass is 10.0. The molecule has 4 aromatic rings. The Morgan fingerprint density at radius 2 is 1.77 bits per heavy atom. The lowest BCUT2D eigenvalue weighted by Gasteiger charge is -2.27. The molecule has 2 aliphatic heterocycles. The van der Waals surface area contributed by atoms with E-state index in [1.54, 1.807) is 71.8 Å². The number of rotatable bonds is 13. The van der Waals surface area contributed by atoms with E-state index in [0.29, 0.717) is 41.5 Å². The third-order valence-corrected chi connectivity index (χ3v) is 8.51. The van der Waals surface area contributed by atoms with Crippen molar-refractivity contribution >= 4 is 47.0 Å². The van der Waals surface area contributed by atoms with Crippen LogP contribution in [-0.4, -0.2) is 80.1 Å². The Hall–Kier alpha value is -6.58. The molecular weight excluding hydrogens is 672 g/mol. The molecule has 6 rings (SSSR count). The Kier molecular flexibility index (Phi) is 10.5. The van der Waals surface area contributed by atoms with Gasteiger partial charge in [-0.15, -0.1) is 5.10 Å². The molecule has 1 fully saturated rings. The molecule has 3 heterocycles. The lowest BCUT2D eigenvalue weighted by Crippen LogP contribution is -2.54. The summed E-state index contributed by atoms with van der Waals surface area (Å²) in [6.45, 7) is 3.12. The topological polar surface area (TPSA) is 194 Å². The summed E-state index contributed by atoms with van der Waals surface area (Å²) in [5.74, 6) is -2.19. The summed E-state index contributed by atoms with van der Waals surface area (Å²) in [4.78, 5) is 77.8. The van der Waals surface area contributed by atoms with E-state index >= 15 is 0 Å². The predicted octanol–water partition coefficient (Wildman–Crippen LogP) is 3.56. The molecule has 1 unspecified atom stereocenters. The van der Waals surface area contributed by atoms with Crippen LogP contribution in [0, 0.1) is 0 Å². The molecule has 2 aliphatic rings. The van der Waals surface area contributed by atoms with E-state index in [9.17, 15) is 28.8 Å². The number of hydrogen-bond acceptors (Lipinski definition) is 11. The number of carbonyl (C=O) groups is 6. The van der Waals surface area contributed by atoms with E-state index in [0.717, 1.165) is 16.9 Å². The van der Waals surface area contributed by atoms with Gasteiger partial charge in [0, 0.05) is 30.9 Å². The highest BCUT2D eigenvalue weighted by atomic mass is 16.5. The highest BCUT2D eigenvalue weighted by molar-refractivity contribution is 6.25. The summed E-state index contributed by atoms with van der Waals surface area (Å²) >= 11 is 0. The molecule has 0 radical (unpaired) electrons. The number of benzene rings is 3. The molecule has 0 saturated carbocycles. The van der Waals surface area contributed by atoms with E-state index in [4.69, 9.17) is 9.47 Å². The van der Waals surface area contributed by atoms with Crippen LogP contribution in [0.2, 0.25) is 0 Å². The number of nitrogens with zero attached hydrogens (tertiary/aromatic N) is 5. The normalized spacial score (nSPS) is 15.2. The summed E-state index contributed by atoms with van der Waals surface area (Å²) in [5.41, 5.74) is 3.15. The van der Waals surface area contributed by atoms with Crippen LogP contribution in [0.4, 0.5) is 16.2 Å². The van der Waals surface area contributed by atoms with Crippen LogP contribution in [0.5, 0.6) is 5.75 Å². The maximum atomic E-state index is 13.3. The summed E-state index contributed by atoms with van der Waals surface area (Å²) in [7, 11) is 1.33. The number of nitrogens with one attached hydrogen (secondary N) is 3. The molecule has 52 heavy (non-hydrogen) atoms. The van der Waals surface area contributed by atoms with Gasteiger partial charge >= 0.3 is 12.0 Å². The second kappa shape index (κ2) is 15.5. The quantitative estimate of drug-likeness (QED) is 0.136. The minimum absolute atomic E-state index is 0.0371. The van der Waals surface area contributed by atoms with Gasteiger partial charge in [0.15, 0.2) is 6.73 Å². The maximum absolute atomic E-state index is 13.3. The summed E-state index contributed by atoms with van der Waals surface area (Å²) in [5, 5.41) is 16.5. The fourth-order valence-electron chi connectivity index (χ4n) is 5.92. The van der Waals surface area contributed by atoms with Crippen molar-refractivity contribution in [2.45, 2.75) is 52.0 Å². The first-order chi connectivity index (χ1) is 25.1. The largest absolute Gasteiger partial charge is 0.471 e. The van der Waals surface area contributed by atoms with E-state index < -0.39 is 35.6 Å². The molecule has 3 aromatic carbocycles. The van der Waals surface area contributed by atoms with Gasteiger partial charge in [-0.1, -0.05) is 30.3 Å².